The zero-order chi connectivity index (χ0) is 20.3. The second-order valence-corrected chi connectivity index (χ2v) is 9.16. The molecule has 0 saturated carbocycles. The summed E-state index contributed by atoms with van der Waals surface area (Å²) in [6.07, 6.45) is 6.39. The molecule has 1 amide bonds. The summed E-state index contributed by atoms with van der Waals surface area (Å²) < 4.78 is 29.2. The maximum atomic E-state index is 12.9. The first-order chi connectivity index (χ1) is 14.0. The molecule has 2 aromatic heterocycles. The fourth-order valence-electron chi connectivity index (χ4n) is 3.63. The van der Waals surface area contributed by atoms with Crippen molar-refractivity contribution in [2.75, 3.05) is 13.1 Å². The van der Waals surface area contributed by atoms with E-state index in [0.29, 0.717) is 24.5 Å². The first-order valence-electron chi connectivity index (χ1n) is 9.80. The van der Waals surface area contributed by atoms with Gasteiger partial charge in [0.2, 0.25) is 15.9 Å². The van der Waals surface area contributed by atoms with Crippen molar-refractivity contribution in [2.24, 2.45) is 0 Å². The monoisotopic (exact) mass is 412 g/mol. The molecule has 7 nitrogen and oxygen atoms in total. The Morgan fingerprint density at radius 1 is 1.07 bits per heavy atom. The zero-order valence-corrected chi connectivity index (χ0v) is 16.9. The summed E-state index contributed by atoms with van der Waals surface area (Å²) in [6.45, 7) is 1.70. The molecule has 1 aliphatic heterocycles. The Bertz CT molecular complexity index is 1100. The minimum absolute atomic E-state index is 0.127. The number of rotatable bonds is 6. The number of carbonyl (C=O) groups excluding carboxylic acids is 1. The molecule has 1 aliphatic rings. The molecule has 0 spiro atoms. The van der Waals surface area contributed by atoms with E-state index in [9.17, 15) is 13.2 Å². The molecule has 1 fully saturated rings. The van der Waals surface area contributed by atoms with Crippen LogP contribution in [0.2, 0.25) is 0 Å². The molecule has 1 N–H and O–H groups in total. The molecular weight excluding hydrogens is 388 g/mol. The summed E-state index contributed by atoms with van der Waals surface area (Å²) >= 11 is 0. The number of carbonyl (C=O) groups is 1. The van der Waals surface area contributed by atoms with Gasteiger partial charge >= 0.3 is 0 Å². The molecule has 0 radical (unpaired) electrons. The van der Waals surface area contributed by atoms with Crippen LogP contribution in [0.1, 0.15) is 25.0 Å². The Morgan fingerprint density at radius 2 is 1.90 bits per heavy atom. The van der Waals surface area contributed by atoms with Crippen LogP contribution in [0.3, 0.4) is 0 Å². The van der Waals surface area contributed by atoms with Gasteiger partial charge in [-0.25, -0.2) is 8.42 Å². The third-order valence-corrected chi connectivity index (χ3v) is 7.10. The van der Waals surface area contributed by atoms with E-state index >= 15 is 0 Å². The van der Waals surface area contributed by atoms with E-state index in [1.165, 1.54) is 0 Å². The van der Waals surface area contributed by atoms with Gasteiger partial charge in [-0.3, -0.25) is 9.78 Å². The number of piperidine rings is 1. The number of benzene rings is 1. The molecule has 3 heterocycles. The van der Waals surface area contributed by atoms with E-state index in [4.69, 9.17) is 0 Å². The van der Waals surface area contributed by atoms with Crippen molar-refractivity contribution >= 4 is 26.8 Å². The minimum atomic E-state index is -3.47. The number of amides is 1. The molecule has 29 heavy (non-hydrogen) atoms. The topological polar surface area (TPSA) is 84.3 Å². The Labute approximate surface area is 170 Å². The standard InChI is InChI=1S/C21H24N4O3S/c26-21(23-15-18-6-2-3-10-22-18)16-24-13-9-17-14-19(7-8-20(17)24)29(27,28)25-11-4-1-5-12-25/h2-3,6-10,13-14H,1,4-5,11-12,15-16H2,(H,23,26). The highest BCUT2D eigenvalue weighted by Crippen LogP contribution is 2.25. The Balaban J connectivity index is 1.47. The molecule has 0 atom stereocenters. The van der Waals surface area contributed by atoms with Crippen LogP contribution < -0.4 is 5.32 Å². The van der Waals surface area contributed by atoms with Gasteiger partial charge in [0.25, 0.3) is 0 Å². The van der Waals surface area contributed by atoms with Gasteiger partial charge in [-0.2, -0.15) is 4.31 Å². The van der Waals surface area contributed by atoms with Crippen molar-refractivity contribution in [3.05, 3.63) is 60.6 Å². The summed E-state index contributed by atoms with van der Waals surface area (Å²) in [4.78, 5) is 16.8. The van der Waals surface area contributed by atoms with Crippen LogP contribution in [0.4, 0.5) is 0 Å². The van der Waals surface area contributed by atoms with Gasteiger partial charge in [0, 0.05) is 36.4 Å². The summed E-state index contributed by atoms with van der Waals surface area (Å²) in [5, 5.41) is 3.66. The van der Waals surface area contributed by atoms with Gasteiger partial charge < -0.3 is 9.88 Å². The molecule has 8 heteroatoms. The Hall–Kier alpha value is -2.71. The summed E-state index contributed by atoms with van der Waals surface area (Å²) in [5.41, 5.74) is 1.63. The van der Waals surface area contributed by atoms with Crippen LogP contribution in [-0.4, -0.2) is 41.3 Å². The van der Waals surface area contributed by atoms with Gasteiger partial charge in [0.15, 0.2) is 0 Å². The van der Waals surface area contributed by atoms with Crippen LogP contribution >= 0.6 is 0 Å². The second kappa shape index (κ2) is 8.34. The van der Waals surface area contributed by atoms with Crippen LogP contribution in [0.15, 0.2) is 59.8 Å². The second-order valence-electron chi connectivity index (χ2n) is 7.23. The summed E-state index contributed by atoms with van der Waals surface area (Å²) in [6, 6.07) is 12.5. The van der Waals surface area contributed by atoms with Gasteiger partial charge in [0.05, 0.1) is 17.1 Å². The Morgan fingerprint density at radius 3 is 2.66 bits per heavy atom. The fourth-order valence-corrected chi connectivity index (χ4v) is 5.19. The summed E-state index contributed by atoms with van der Waals surface area (Å²) in [5.74, 6) is -0.127. The quantitative estimate of drug-likeness (QED) is 0.674. The highest BCUT2D eigenvalue weighted by molar-refractivity contribution is 7.89. The number of aromatic nitrogens is 2. The SMILES string of the molecule is O=C(Cn1ccc2cc(S(=O)(=O)N3CCCCC3)ccc21)NCc1ccccn1. The lowest BCUT2D eigenvalue weighted by molar-refractivity contribution is -0.121. The molecule has 152 valence electrons. The van der Waals surface area contributed by atoms with Gasteiger partial charge in [0.1, 0.15) is 6.54 Å². The third kappa shape index (κ3) is 4.33. The smallest absolute Gasteiger partial charge is 0.243 e. The third-order valence-electron chi connectivity index (χ3n) is 5.20. The lowest BCUT2D eigenvalue weighted by Gasteiger charge is -2.25. The number of sulfonamides is 1. The number of nitrogens with zero attached hydrogens (tertiary/aromatic N) is 3. The van der Waals surface area contributed by atoms with Gasteiger partial charge in [-0.1, -0.05) is 12.5 Å². The number of pyridine rings is 1. The highest BCUT2D eigenvalue weighted by atomic mass is 32.2. The van der Waals surface area contributed by atoms with E-state index in [1.54, 1.807) is 28.7 Å². The molecule has 0 bridgehead atoms. The lowest BCUT2D eigenvalue weighted by atomic mass is 10.2. The van der Waals surface area contributed by atoms with Crippen molar-refractivity contribution in [3.8, 4) is 0 Å². The number of fused-ring (bicyclic) bond motifs is 1. The number of hydrogen-bond acceptors (Lipinski definition) is 4. The molecule has 3 aromatic rings. The number of nitrogens with one attached hydrogen (secondary N) is 1. The number of hydrogen-bond donors (Lipinski definition) is 1. The van der Waals surface area contributed by atoms with Gasteiger partial charge in [-0.15, -0.1) is 0 Å². The normalized spacial score (nSPS) is 15.4. The van der Waals surface area contributed by atoms with Crippen molar-refractivity contribution in [3.63, 3.8) is 0 Å². The van der Waals surface area contributed by atoms with Crippen molar-refractivity contribution < 1.29 is 13.2 Å². The molecule has 1 aromatic carbocycles. The average Bonchev–Trinajstić information content (AvgIpc) is 3.15. The first-order valence-corrected chi connectivity index (χ1v) is 11.2. The highest BCUT2D eigenvalue weighted by Gasteiger charge is 2.26. The molecular formula is C21H24N4O3S. The van der Waals surface area contributed by atoms with E-state index in [-0.39, 0.29) is 12.5 Å². The van der Waals surface area contributed by atoms with E-state index in [2.05, 4.69) is 10.3 Å². The van der Waals surface area contributed by atoms with Crippen molar-refractivity contribution in [1.82, 2.24) is 19.2 Å². The van der Waals surface area contributed by atoms with Crippen LogP contribution in [0.25, 0.3) is 10.9 Å². The van der Waals surface area contributed by atoms with Crippen LogP contribution in [-0.2, 0) is 27.9 Å². The van der Waals surface area contributed by atoms with Crippen LogP contribution in [0.5, 0.6) is 0 Å². The van der Waals surface area contributed by atoms with Crippen molar-refractivity contribution in [1.29, 1.82) is 0 Å². The van der Waals surface area contributed by atoms with Crippen molar-refractivity contribution in [2.45, 2.75) is 37.2 Å². The molecule has 0 unspecified atom stereocenters. The molecule has 0 aliphatic carbocycles. The van der Waals surface area contributed by atoms with Gasteiger partial charge in [-0.05, 0) is 49.2 Å². The first kappa shape index (κ1) is 19.6. The van der Waals surface area contributed by atoms with Crippen LogP contribution in [0, 0.1) is 0 Å². The molecule has 1 saturated heterocycles. The lowest BCUT2D eigenvalue weighted by Crippen LogP contribution is -2.35. The average molecular weight is 413 g/mol. The minimum Gasteiger partial charge on any atom is -0.349 e. The predicted octanol–water partition coefficient (Wildman–Crippen LogP) is 2.53. The molecule has 4 rings (SSSR count). The summed E-state index contributed by atoms with van der Waals surface area (Å²) in [7, 11) is -3.47. The van der Waals surface area contributed by atoms with E-state index < -0.39 is 10.0 Å². The maximum Gasteiger partial charge on any atom is 0.243 e. The maximum absolute atomic E-state index is 12.9. The zero-order valence-electron chi connectivity index (χ0n) is 16.1. The van der Waals surface area contributed by atoms with E-state index in [0.717, 1.165) is 35.9 Å². The largest absolute Gasteiger partial charge is 0.349 e. The predicted molar refractivity (Wildman–Crippen MR) is 111 cm³/mol. The van der Waals surface area contributed by atoms with E-state index in [1.807, 2.05) is 35.0 Å². The fraction of sp³-hybridized carbons (Fsp3) is 0.333. The Kier molecular flexibility index (Phi) is 5.64.